The van der Waals surface area contributed by atoms with E-state index in [9.17, 15) is 4.79 Å². The van der Waals surface area contributed by atoms with Crippen molar-refractivity contribution in [2.75, 3.05) is 27.2 Å². The molecule has 2 aromatic carbocycles. The normalized spacial score (nSPS) is 10.6. The average Bonchev–Trinajstić information content (AvgIpc) is 3.26. The zero-order chi connectivity index (χ0) is 19.9. The number of hydrogen-bond acceptors (Lipinski definition) is 3. The number of nitrogens with zero attached hydrogens (tertiary/aromatic N) is 4. The first-order valence-electron chi connectivity index (χ1n) is 9.23. The van der Waals surface area contributed by atoms with Crippen LogP contribution in [0.25, 0.3) is 5.69 Å². The van der Waals surface area contributed by atoms with E-state index in [1.807, 2.05) is 84.5 Å². The number of amides is 1. The second-order valence-electron chi connectivity index (χ2n) is 6.98. The van der Waals surface area contributed by atoms with Gasteiger partial charge in [0.1, 0.15) is 0 Å². The molecule has 0 aliphatic rings. The molecule has 0 saturated heterocycles. The Bertz CT molecular complexity index is 936. The highest BCUT2D eigenvalue weighted by atomic mass is 16.2. The molecule has 0 radical (unpaired) electrons. The van der Waals surface area contributed by atoms with Gasteiger partial charge in [0.25, 0.3) is 5.91 Å². The van der Waals surface area contributed by atoms with Crippen LogP contribution in [0.1, 0.15) is 21.5 Å². The lowest BCUT2D eigenvalue weighted by Crippen LogP contribution is -2.36. The van der Waals surface area contributed by atoms with Gasteiger partial charge in [-0.1, -0.05) is 12.1 Å². The maximum Gasteiger partial charge on any atom is 0.254 e. The molecule has 0 saturated carbocycles. The lowest BCUT2D eigenvalue weighted by molar-refractivity contribution is 0.0732. The predicted octanol–water partition coefficient (Wildman–Crippen LogP) is 3.55. The van der Waals surface area contributed by atoms with Crippen molar-refractivity contribution in [2.24, 2.45) is 0 Å². The third-order valence-electron chi connectivity index (χ3n) is 4.58. The van der Waals surface area contributed by atoms with Crippen molar-refractivity contribution in [3.8, 4) is 11.8 Å². The van der Waals surface area contributed by atoms with Crippen molar-refractivity contribution in [3.05, 3.63) is 89.7 Å². The lowest BCUT2D eigenvalue weighted by Gasteiger charge is -2.25. The van der Waals surface area contributed by atoms with Crippen molar-refractivity contribution in [3.63, 3.8) is 0 Å². The fourth-order valence-corrected chi connectivity index (χ4v) is 2.94. The van der Waals surface area contributed by atoms with Crippen LogP contribution in [0.15, 0.2) is 73.1 Å². The Morgan fingerprint density at radius 3 is 2.18 bits per heavy atom. The second-order valence-corrected chi connectivity index (χ2v) is 6.98. The predicted molar refractivity (Wildman–Crippen MR) is 110 cm³/mol. The van der Waals surface area contributed by atoms with Crippen LogP contribution in [0.5, 0.6) is 0 Å². The van der Waals surface area contributed by atoms with Crippen LogP contribution in [0.3, 0.4) is 0 Å². The van der Waals surface area contributed by atoms with E-state index >= 15 is 0 Å². The Hall–Kier alpha value is -3.36. The van der Waals surface area contributed by atoms with Crippen LogP contribution in [0, 0.1) is 11.3 Å². The van der Waals surface area contributed by atoms with Crippen LogP contribution in [-0.2, 0) is 6.54 Å². The Morgan fingerprint density at radius 1 is 0.964 bits per heavy atom. The summed E-state index contributed by atoms with van der Waals surface area (Å²) in [5.74, 6) is 0.00488. The molecule has 1 aromatic heterocycles. The molecule has 5 nitrogen and oxygen atoms in total. The van der Waals surface area contributed by atoms with Gasteiger partial charge in [-0.05, 0) is 68.2 Å². The van der Waals surface area contributed by atoms with Crippen molar-refractivity contribution >= 4 is 5.91 Å². The molecule has 3 rings (SSSR count). The minimum Gasteiger partial charge on any atom is -0.333 e. The fraction of sp³-hybridized carbons (Fsp3) is 0.217. The van der Waals surface area contributed by atoms with Crippen LogP contribution in [-0.4, -0.2) is 47.5 Å². The van der Waals surface area contributed by atoms with Gasteiger partial charge in [-0.15, -0.1) is 0 Å². The van der Waals surface area contributed by atoms with Crippen LogP contribution in [0.2, 0.25) is 0 Å². The SMILES string of the molecule is CN(C)CCN(Cc1ccc(C#N)cc1)C(=O)c1ccc(-n2cccc2)cc1. The molecule has 0 spiro atoms. The number of rotatable bonds is 7. The minimum atomic E-state index is 0.00488. The highest BCUT2D eigenvalue weighted by Crippen LogP contribution is 2.14. The molecule has 0 unspecified atom stereocenters. The van der Waals surface area contributed by atoms with Crippen LogP contribution < -0.4 is 0 Å². The summed E-state index contributed by atoms with van der Waals surface area (Å²) in [5, 5.41) is 8.96. The van der Waals surface area contributed by atoms with Gasteiger partial charge in [0.2, 0.25) is 0 Å². The zero-order valence-electron chi connectivity index (χ0n) is 16.2. The summed E-state index contributed by atoms with van der Waals surface area (Å²) in [6, 6.07) is 21.1. The molecule has 0 N–H and O–H groups in total. The van der Waals surface area contributed by atoms with Gasteiger partial charge < -0.3 is 14.4 Å². The first kappa shape index (κ1) is 19.4. The van der Waals surface area contributed by atoms with Gasteiger partial charge in [-0.3, -0.25) is 4.79 Å². The Morgan fingerprint density at radius 2 is 1.61 bits per heavy atom. The van der Waals surface area contributed by atoms with Crippen molar-refractivity contribution < 1.29 is 4.79 Å². The summed E-state index contributed by atoms with van der Waals surface area (Å²) in [7, 11) is 3.99. The quantitative estimate of drug-likeness (QED) is 0.637. The number of carbonyl (C=O) groups is 1. The lowest BCUT2D eigenvalue weighted by atomic mass is 10.1. The van der Waals surface area contributed by atoms with Gasteiger partial charge in [0, 0.05) is 43.3 Å². The fourth-order valence-electron chi connectivity index (χ4n) is 2.94. The zero-order valence-corrected chi connectivity index (χ0v) is 16.2. The van der Waals surface area contributed by atoms with E-state index in [0.717, 1.165) is 17.8 Å². The van der Waals surface area contributed by atoms with E-state index in [0.29, 0.717) is 24.2 Å². The second kappa shape index (κ2) is 9.03. The summed E-state index contributed by atoms with van der Waals surface area (Å²) in [6.45, 7) is 1.92. The summed E-state index contributed by atoms with van der Waals surface area (Å²) < 4.78 is 2.01. The molecule has 0 atom stereocenters. The molecule has 28 heavy (non-hydrogen) atoms. The molecule has 0 aliphatic carbocycles. The topological polar surface area (TPSA) is 52.3 Å². The molecule has 0 bridgehead atoms. The highest BCUT2D eigenvalue weighted by Gasteiger charge is 2.16. The van der Waals surface area contributed by atoms with E-state index in [2.05, 4.69) is 11.0 Å². The molecule has 1 amide bonds. The van der Waals surface area contributed by atoms with Crippen LogP contribution >= 0.6 is 0 Å². The number of aromatic nitrogens is 1. The smallest absolute Gasteiger partial charge is 0.254 e. The van der Waals surface area contributed by atoms with Crippen LogP contribution in [0.4, 0.5) is 0 Å². The molecule has 0 aliphatic heterocycles. The average molecular weight is 372 g/mol. The van der Waals surface area contributed by atoms with Crippen molar-refractivity contribution in [1.29, 1.82) is 5.26 Å². The molecule has 142 valence electrons. The van der Waals surface area contributed by atoms with Gasteiger partial charge in [-0.2, -0.15) is 5.26 Å². The number of hydrogen-bond donors (Lipinski definition) is 0. The first-order valence-corrected chi connectivity index (χ1v) is 9.23. The van der Waals surface area contributed by atoms with E-state index in [1.165, 1.54) is 0 Å². The molecule has 0 fully saturated rings. The summed E-state index contributed by atoms with van der Waals surface area (Å²) in [4.78, 5) is 17.0. The van der Waals surface area contributed by atoms with Crippen molar-refractivity contribution in [2.45, 2.75) is 6.54 Å². The maximum atomic E-state index is 13.1. The third-order valence-corrected chi connectivity index (χ3v) is 4.58. The monoisotopic (exact) mass is 372 g/mol. The Kier molecular flexibility index (Phi) is 6.25. The van der Waals surface area contributed by atoms with Gasteiger partial charge in [0.05, 0.1) is 11.6 Å². The first-order chi connectivity index (χ1) is 13.6. The molecule has 5 heteroatoms. The number of likely N-dealkylation sites (N-methyl/N-ethyl adjacent to an activating group) is 1. The van der Waals surface area contributed by atoms with E-state index in [1.54, 1.807) is 12.1 Å². The largest absolute Gasteiger partial charge is 0.333 e. The minimum absolute atomic E-state index is 0.00488. The van der Waals surface area contributed by atoms with Gasteiger partial charge in [-0.25, -0.2) is 0 Å². The van der Waals surface area contributed by atoms with E-state index in [-0.39, 0.29) is 5.91 Å². The number of benzene rings is 2. The van der Waals surface area contributed by atoms with E-state index < -0.39 is 0 Å². The molecule has 3 aromatic rings. The molecular weight excluding hydrogens is 348 g/mol. The van der Waals surface area contributed by atoms with Gasteiger partial charge >= 0.3 is 0 Å². The third kappa shape index (κ3) is 4.87. The summed E-state index contributed by atoms with van der Waals surface area (Å²) >= 11 is 0. The number of nitriles is 1. The standard InChI is InChI=1S/C23H24N4O/c1-25(2)15-16-27(18-20-7-5-19(17-24)6-8-20)23(28)21-9-11-22(12-10-21)26-13-3-4-14-26/h3-14H,15-16,18H2,1-2H3. The van der Waals surface area contributed by atoms with Gasteiger partial charge in [0.15, 0.2) is 0 Å². The van der Waals surface area contributed by atoms with E-state index in [4.69, 9.17) is 5.26 Å². The Labute approximate surface area is 166 Å². The Balaban J connectivity index is 1.78. The molecular formula is C23H24N4O. The summed E-state index contributed by atoms with van der Waals surface area (Å²) in [5.41, 5.74) is 3.32. The highest BCUT2D eigenvalue weighted by molar-refractivity contribution is 5.94. The van der Waals surface area contributed by atoms with Crippen molar-refractivity contribution in [1.82, 2.24) is 14.4 Å². The summed E-state index contributed by atoms with van der Waals surface area (Å²) in [6.07, 6.45) is 3.95. The number of carbonyl (C=O) groups excluding carboxylic acids is 1. The molecule has 1 heterocycles. The maximum absolute atomic E-state index is 13.1.